The summed E-state index contributed by atoms with van der Waals surface area (Å²) in [5.74, 6) is 0. The molecular formula is C16H23ClN4. The summed E-state index contributed by atoms with van der Waals surface area (Å²) in [6, 6.07) is 10.4. The summed E-state index contributed by atoms with van der Waals surface area (Å²) >= 11 is 6.40. The molecule has 0 aliphatic carbocycles. The lowest BCUT2D eigenvalue weighted by Gasteiger charge is -2.21. The minimum absolute atomic E-state index is 0.0633. The van der Waals surface area contributed by atoms with Crippen molar-refractivity contribution in [2.45, 2.75) is 19.5 Å². The van der Waals surface area contributed by atoms with Crippen LogP contribution in [0.4, 0.5) is 0 Å². The van der Waals surface area contributed by atoms with Gasteiger partial charge in [0.15, 0.2) is 0 Å². The molecule has 0 amide bonds. The van der Waals surface area contributed by atoms with Gasteiger partial charge in [-0.15, -0.1) is 0 Å². The van der Waals surface area contributed by atoms with E-state index in [-0.39, 0.29) is 6.04 Å². The van der Waals surface area contributed by atoms with Crippen molar-refractivity contribution in [3.8, 4) is 0 Å². The summed E-state index contributed by atoms with van der Waals surface area (Å²) in [5.41, 5.74) is 2.24. The fourth-order valence-corrected chi connectivity index (χ4v) is 2.60. The molecule has 0 saturated carbocycles. The third-order valence-corrected chi connectivity index (χ3v) is 3.70. The maximum Gasteiger partial charge on any atom is 0.0837 e. The van der Waals surface area contributed by atoms with Gasteiger partial charge in [0, 0.05) is 6.54 Å². The first-order valence-electron chi connectivity index (χ1n) is 7.27. The van der Waals surface area contributed by atoms with Crippen LogP contribution in [0.3, 0.4) is 0 Å². The predicted octanol–water partition coefficient (Wildman–Crippen LogP) is 2.80. The van der Waals surface area contributed by atoms with E-state index >= 15 is 0 Å². The van der Waals surface area contributed by atoms with Crippen LogP contribution in [-0.2, 0) is 6.54 Å². The molecule has 0 spiro atoms. The second-order valence-corrected chi connectivity index (χ2v) is 5.71. The number of hydrogen-bond donors (Lipinski definition) is 1. The molecule has 4 nitrogen and oxygen atoms in total. The second kappa shape index (κ2) is 7.59. The number of halogens is 1. The molecule has 1 atom stereocenters. The molecular weight excluding hydrogens is 284 g/mol. The van der Waals surface area contributed by atoms with Crippen LogP contribution in [0.5, 0.6) is 0 Å². The molecule has 1 aromatic carbocycles. The molecule has 0 fully saturated rings. The average Bonchev–Trinajstić information content (AvgIpc) is 2.84. The summed E-state index contributed by atoms with van der Waals surface area (Å²) in [6.45, 7) is 4.72. The van der Waals surface area contributed by atoms with Gasteiger partial charge >= 0.3 is 0 Å². The van der Waals surface area contributed by atoms with Gasteiger partial charge in [0.1, 0.15) is 0 Å². The van der Waals surface area contributed by atoms with Crippen LogP contribution < -0.4 is 5.32 Å². The molecule has 21 heavy (non-hydrogen) atoms. The molecule has 0 bridgehead atoms. The topological polar surface area (TPSA) is 33.1 Å². The van der Waals surface area contributed by atoms with E-state index in [0.717, 1.165) is 25.3 Å². The number of hydrogen-bond acceptors (Lipinski definition) is 3. The van der Waals surface area contributed by atoms with E-state index in [4.69, 9.17) is 11.6 Å². The van der Waals surface area contributed by atoms with Gasteiger partial charge < -0.3 is 10.2 Å². The zero-order chi connectivity index (χ0) is 15.2. The van der Waals surface area contributed by atoms with E-state index in [0.29, 0.717) is 5.02 Å². The van der Waals surface area contributed by atoms with Crippen LogP contribution in [0.2, 0.25) is 5.02 Å². The lowest BCUT2D eigenvalue weighted by molar-refractivity contribution is 0.365. The standard InChI is InChI=1S/C16H23ClN4/c1-4-18-15(13-8-6-5-7-9-13)16-14(17)12-19-21(16)11-10-20(2)3/h5-9,12,15,18H,4,10-11H2,1-3H3. The largest absolute Gasteiger partial charge is 0.308 e. The van der Waals surface area contributed by atoms with Crippen molar-refractivity contribution in [1.29, 1.82) is 0 Å². The molecule has 2 rings (SSSR count). The summed E-state index contributed by atoms with van der Waals surface area (Å²) in [6.07, 6.45) is 1.74. The Hall–Kier alpha value is -1.36. The highest BCUT2D eigenvalue weighted by atomic mass is 35.5. The Morgan fingerprint density at radius 2 is 2.00 bits per heavy atom. The van der Waals surface area contributed by atoms with Gasteiger partial charge in [-0.1, -0.05) is 48.9 Å². The third-order valence-electron chi connectivity index (χ3n) is 3.41. The van der Waals surface area contributed by atoms with Gasteiger partial charge in [-0.3, -0.25) is 4.68 Å². The van der Waals surface area contributed by atoms with Crippen LogP contribution in [0.1, 0.15) is 24.2 Å². The average molecular weight is 307 g/mol. The summed E-state index contributed by atoms with van der Waals surface area (Å²) < 4.78 is 2.00. The predicted molar refractivity (Wildman–Crippen MR) is 87.8 cm³/mol. The Morgan fingerprint density at radius 1 is 1.29 bits per heavy atom. The summed E-state index contributed by atoms with van der Waals surface area (Å²) in [7, 11) is 4.12. The number of rotatable bonds is 7. The van der Waals surface area contributed by atoms with E-state index in [2.05, 4.69) is 48.5 Å². The normalized spacial score (nSPS) is 12.8. The lowest BCUT2D eigenvalue weighted by atomic mass is 10.0. The van der Waals surface area contributed by atoms with E-state index in [9.17, 15) is 0 Å². The molecule has 0 aliphatic rings. The molecule has 1 heterocycles. The van der Waals surface area contributed by atoms with Crippen molar-refractivity contribution in [2.24, 2.45) is 0 Å². The monoisotopic (exact) mass is 306 g/mol. The zero-order valence-electron chi connectivity index (χ0n) is 12.9. The minimum Gasteiger partial charge on any atom is -0.308 e. The first-order valence-corrected chi connectivity index (χ1v) is 7.65. The summed E-state index contributed by atoms with van der Waals surface area (Å²) in [5, 5.41) is 8.66. The smallest absolute Gasteiger partial charge is 0.0837 e. The molecule has 1 N–H and O–H groups in total. The molecule has 0 radical (unpaired) electrons. The Bertz CT molecular complexity index is 551. The Morgan fingerprint density at radius 3 is 2.62 bits per heavy atom. The van der Waals surface area contributed by atoms with E-state index < -0.39 is 0 Å². The number of aromatic nitrogens is 2. The Balaban J connectivity index is 2.34. The minimum atomic E-state index is 0.0633. The molecule has 1 aromatic heterocycles. The lowest BCUT2D eigenvalue weighted by Crippen LogP contribution is -2.27. The number of nitrogens with zero attached hydrogens (tertiary/aromatic N) is 3. The van der Waals surface area contributed by atoms with Crippen LogP contribution >= 0.6 is 11.6 Å². The molecule has 0 aliphatic heterocycles. The Kier molecular flexibility index (Phi) is 5.79. The third kappa shape index (κ3) is 4.06. The highest BCUT2D eigenvalue weighted by Crippen LogP contribution is 2.28. The van der Waals surface area contributed by atoms with Gasteiger partial charge in [-0.2, -0.15) is 5.10 Å². The number of likely N-dealkylation sites (N-methyl/N-ethyl adjacent to an activating group) is 1. The molecule has 1 unspecified atom stereocenters. The van der Waals surface area contributed by atoms with Gasteiger partial charge in [0.25, 0.3) is 0 Å². The van der Waals surface area contributed by atoms with Gasteiger partial charge in [-0.25, -0.2) is 0 Å². The van der Waals surface area contributed by atoms with Crippen molar-refractivity contribution in [3.05, 3.63) is 52.8 Å². The van der Waals surface area contributed by atoms with Crippen LogP contribution in [-0.4, -0.2) is 41.9 Å². The molecule has 5 heteroatoms. The van der Waals surface area contributed by atoms with Crippen molar-refractivity contribution in [1.82, 2.24) is 20.0 Å². The summed E-state index contributed by atoms with van der Waals surface area (Å²) in [4.78, 5) is 2.14. The quantitative estimate of drug-likeness (QED) is 0.854. The maximum atomic E-state index is 6.40. The van der Waals surface area contributed by atoms with Crippen LogP contribution in [0, 0.1) is 0 Å². The highest BCUT2D eigenvalue weighted by Gasteiger charge is 2.21. The fraction of sp³-hybridized carbons (Fsp3) is 0.438. The van der Waals surface area contributed by atoms with Gasteiger partial charge in [0.05, 0.1) is 29.5 Å². The van der Waals surface area contributed by atoms with Crippen molar-refractivity contribution >= 4 is 11.6 Å². The molecule has 2 aromatic rings. The van der Waals surface area contributed by atoms with Crippen LogP contribution in [0.15, 0.2) is 36.5 Å². The van der Waals surface area contributed by atoms with Crippen molar-refractivity contribution < 1.29 is 0 Å². The Labute approximate surface area is 131 Å². The number of nitrogens with one attached hydrogen (secondary N) is 1. The second-order valence-electron chi connectivity index (χ2n) is 5.31. The molecule has 114 valence electrons. The SMILES string of the molecule is CCNC(c1ccccc1)c1c(Cl)cnn1CCN(C)C. The molecule has 0 saturated heterocycles. The number of benzene rings is 1. The fourth-order valence-electron chi connectivity index (χ4n) is 2.35. The first kappa shape index (κ1) is 16.0. The zero-order valence-corrected chi connectivity index (χ0v) is 13.6. The van der Waals surface area contributed by atoms with Crippen molar-refractivity contribution in [2.75, 3.05) is 27.2 Å². The van der Waals surface area contributed by atoms with E-state index in [1.807, 2.05) is 22.9 Å². The van der Waals surface area contributed by atoms with Gasteiger partial charge in [0.2, 0.25) is 0 Å². The van der Waals surface area contributed by atoms with E-state index in [1.54, 1.807) is 6.20 Å². The van der Waals surface area contributed by atoms with Gasteiger partial charge in [-0.05, 0) is 26.2 Å². The highest BCUT2D eigenvalue weighted by molar-refractivity contribution is 6.31. The maximum absolute atomic E-state index is 6.40. The van der Waals surface area contributed by atoms with Crippen LogP contribution in [0.25, 0.3) is 0 Å². The van der Waals surface area contributed by atoms with E-state index in [1.165, 1.54) is 5.56 Å². The van der Waals surface area contributed by atoms with Crippen molar-refractivity contribution in [3.63, 3.8) is 0 Å². The first-order chi connectivity index (χ1) is 10.1.